The Morgan fingerprint density at radius 1 is 0.950 bits per heavy atom. The van der Waals surface area contributed by atoms with Crippen LogP contribution in [0.4, 0.5) is 18.9 Å². The van der Waals surface area contributed by atoms with Gasteiger partial charge >= 0.3 is 6.18 Å². The van der Waals surface area contributed by atoms with Crippen LogP contribution in [0, 0.1) is 0 Å². The first-order valence-corrected chi connectivity index (χ1v) is 6.80. The van der Waals surface area contributed by atoms with Gasteiger partial charge in [0.1, 0.15) is 0 Å². The van der Waals surface area contributed by atoms with Crippen molar-refractivity contribution in [1.29, 1.82) is 0 Å². The minimum Gasteiger partial charge on any atom is -0.800 e. The standard InChI is InChI=1S/C12H15F3N2S2.Au/c13-12(14,15)9-1-3-10(4-2-9)16-5-7-17(8-6-16)11(18)19;/h1-4,11,18-19H,5-8H2;/p-2. The molecule has 1 saturated heterocycles. The van der Waals surface area contributed by atoms with Crippen LogP contribution in [0.3, 0.4) is 0 Å². The molecule has 8 heteroatoms. The number of rotatable bonds is 2. The van der Waals surface area contributed by atoms with Gasteiger partial charge in [0, 0.05) is 54.2 Å². The molecule has 1 aromatic rings. The van der Waals surface area contributed by atoms with Crippen LogP contribution in [-0.4, -0.2) is 35.8 Å². The molecule has 0 atom stereocenters. The third kappa shape index (κ3) is 4.61. The third-order valence-corrected chi connectivity index (χ3v) is 3.77. The summed E-state index contributed by atoms with van der Waals surface area (Å²) in [6.45, 7) is 2.96. The van der Waals surface area contributed by atoms with E-state index in [0.29, 0.717) is 0 Å². The molecule has 20 heavy (non-hydrogen) atoms. The van der Waals surface area contributed by atoms with Crippen LogP contribution >= 0.6 is 0 Å². The van der Waals surface area contributed by atoms with Gasteiger partial charge in [0.2, 0.25) is 0 Å². The summed E-state index contributed by atoms with van der Waals surface area (Å²) in [5.74, 6) is 0. The maximum Gasteiger partial charge on any atom is 0.416 e. The summed E-state index contributed by atoms with van der Waals surface area (Å²) in [6.07, 6.45) is -4.28. The van der Waals surface area contributed by atoms with Crippen molar-refractivity contribution in [1.82, 2.24) is 4.90 Å². The molecule has 1 aliphatic heterocycles. The summed E-state index contributed by atoms with van der Waals surface area (Å²) in [6, 6.07) is 5.25. The second kappa shape index (κ2) is 7.47. The summed E-state index contributed by atoms with van der Waals surface area (Å²) < 4.78 is 37.1. The van der Waals surface area contributed by atoms with Gasteiger partial charge in [0.05, 0.1) is 5.56 Å². The van der Waals surface area contributed by atoms with Crippen molar-refractivity contribution >= 4 is 30.9 Å². The average molecular weight is 503 g/mol. The fraction of sp³-hybridized carbons (Fsp3) is 0.500. The van der Waals surface area contributed by atoms with Gasteiger partial charge in [0.15, 0.2) is 0 Å². The Hall–Kier alpha value is 0.210. The maximum atomic E-state index is 12.5. The van der Waals surface area contributed by atoms with Crippen molar-refractivity contribution in [3.63, 3.8) is 0 Å². The molecule has 1 fully saturated rings. The number of piperazine rings is 1. The zero-order valence-electron chi connectivity index (χ0n) is 10.4. The fourth-order valence-corrected chi connectivity index (χ4v) is 2.47. The molecule has 0 spiro atoms. The van der Waals surface area contributed by atoms with E-state index in [1.165, 1.54) is 12.1 Å². The molecular formula is C12H13AuF3N2S2-2. The van der Waals surface area contributed by atoms with Crippen molar-refractivity contribution in [3.8, 4) is 0 Å². The number of hydrogen-bond donors (Lipinski definition) is 0. The van der Waals surface area contributed by atoms with Crippen LogP contribution < -0.4 is 4.90 Å². The summed E-state index contributed by atoms with van der Waals surface area (Å²) >= 11 is 10.0. The summed E-state index contributed by atoms with van der Waals surface area (Å²) in [5.41, 5.74) is 0.184. The van der Waals surface area contributed by atoms with E-state index < -0.39 is 11.7 Å². The first kappa shape index (κ1) is 18.3. The monoisotopic (exact) mass is 503 g/mol. The Balaban J connectivity index is 0.00000200. The molecule has 1 aromatic carbocycles. The number of nitrogens with zero attached hydrogens (tertiary/aromatic N) is 2. The molecule has 2 nitrogen and oxygen atoms in total. The van der Waals surface area contributed by atoms with Gasteiger partial charge in [-0.1, -0.05) is 0 Å². The largest absolute Gasteiger partial charge is 0.800 e. The first-order valence-electron chi connectivity index (χ1n) is 5.86. The van der Waals surface area contributed by atoms with Gasteiger partial charge in [-0.15, -0.1) is 0 Å². The molecule has 0 aliphatic carbocycles. The van der Waals surface area contributed by atoms with Crippen molar-refractivity contribution in [2.24, 2.45) is 0 Å². The molecule has 1 aliphatic rings. The van der Waals surface area contributed by atoms with Crippen LogP contribution in [0.5, 0.6) is 0 Å². The fourth-order valence-electron chi connectivity index (χ4n) is 2.05. The molecular weight excluding hydrogens is 490 g/mol. The van der Waals surface area contributed by atoms with E-state index >= 15 is 0 Å². The van der Waals surface area contributed by atoms with Crippen molar-refractivity contribution < 1.29 is 35.6 Å². The minimum absolute atomic E-state index is 0. The van der Waals surface area contributed by atoms with Gasteiger partial charge in [-0.05, 0) is 24.3 Å². The SMILES string of the molecule is FC(F)(F)c1ccc(N2CCN(C([S-])[S-])CC2)cc1.[Au]. The van der Waals surface area contributed by atoms with E-state index in [1.807, 2.05) is 9.80 Å². The first-order chi connectivity index (χ1) is 8.88. The third-order valence-electron chi connectivity index (χ3n) is 3.17. The van der Waals surface area contributed by atoms with E-state index in [9.17, 15) is 13.2 Å². The van der Waals surface area contributed by atoms with Crippen molar-refractivity contribution in [2.45, 2.75) is 10.9 Å². The number of hydrogen-bond acceptors (Lipinski definition) is 4. The van der Waals surface area contributed by atoms with Crippen LogP contribution in [0.25, 0.3) is 0 Å². The second-order valence-electron chi connectivity index (χ2n) is 4.37. The molecule has 2 rings (SSSR count). The second-order valence-corrected chi connectivity index (χ2v) is 5.57. The van der Waals surface area contributed by atoms with E-state index in [4.69, 9.17) is 25.3 Å². The van der Waals surface area contributed by atoms with Crippen LogP contribution in [-0.2, 0) is 53.8 Å². The average Bonchev–Trinajstić information content (AvgIpc) is 2.38. The molecule has 0 N–H and O–H groups in total. The van der Waals surface area contributed by atoms with Gasteiger partial charge in [-0.3, -0.25) is 0 Å². The Bertz CT molecular complexity index is 418. The Morgan fingerprint density at radius 3 is 1.85 bits per heavy atom. The Labute approximate surface area is 143 Å². The van der Waals surface area contributed by atoms with Gasteiger partial charge in [0.25, 0.3) is 0 Å². The molecule has 0 aromatic heterocycles. The van der Waals surface area contributed by atoms with E-state index in [1.54, 1.807) is 0 Å². The van der Waals surface area contributed by atoms with Gasteiger partial charge in [-0.2, -0.15) is 13.2 Å². The van der Waals surface area contributed by atoms with Gasteiger partial charge in [-0.25, -0.2) is 4.71 Å². The van der Waals surface area contributed by atoms with E-state index in [-0.39, 0.29) is 27.1 Å². The van der Waals surface area contributed by atoms with Crippen LogP contribution in [0.15, 0.2) is 24.3 Å². The van der Waals surface area contributed by atoms with Crippen molar-refractivity contribution in [3.05, 3.63) is 29.8 Å². The van der Waals surface area contributed by atoms with Crippen molar-refractivity contribution in [2.75, 3.05) is 31.1 Å². The van der Waals surface area contributed by atoms with Crippen LogP contribution in [0.2, 0.25) is 0 Å². The van der Waals surface area contributed by atoms with E-state index in [0.717, 1.165) is 44.0 Å². The summed E-state index contributed by atoms with van der Waals surface area (Å²) in [7, 11) is 0. The molecule has 0 unspecified atom stereocenters. The Morgan fingerprint density at radius 2 is 1.45 bits per heavy atom. The molecule has 0 bridgehead atoms. The van der Waals surface area contributed by atoms with Crippen LogP contribution in [0.1, 0.15) is 5.56 Å². The maximum absolute atomic E-state index is 12.5. The van der Waals surface area contributed by atoms with E-state index in [2.05, 4.69) is 0 Å². The Kier molecular flexibility index (Phi) is 6.82. The normalized spacial score (nSPS) is 17.2. The summed E-state index contributed by atoms with van der Waals surface area (Å²) in [4.78, 5) is 4.05. The zero-order valence-corrected chi connectivity index (χ0v) is 14.2. The quantitative estimate of drug-likeness (QED) is 0.451. The number of benzene rings is 1. The zero-order chi connectivity index (χ0) is 14.0. The number of anilines is 1. The molecule has 0 amide bonds. The molecule has 117 valence electrons. The smallest absolute Gasteiger partial charge is 0.416 e. The van der Waals surface area contributed by atoms with Gasteiger partial charge < -0.3 is 35.1 Å². The molecule has 1 heterocycles. The number of alkyl halides is 3. The predicted molar refractivity (Wildman–Crippen MR) is 73.7 cm³/mol. The number of halogens is 3. The topological polar surface area (TPSA) is 6.48 Å². The predicted octanol–water partition coefficient (Wildman–Crippen LogP) is 2.20. The minimum atomic E-state index is -4.28. The molecule has 1 radical (unpaired) electrons. The molecule has 0 saturated carbocycles. The summed E-state index contributed by atoms with van der Waals surface area (Å²) in [5, 5.41) is 0.